The first-order valence-corrected chi connectivity index (χ1v) is 6.35. The molecule has 1 saturated carbocycles. The Bertz CT molecular complexity index is 407. The molecule has 0 amide bonds. The monoisotopic (exact) mass is 228 g/mol. The molecule has 1 aromatic carbocycles. The fourth-order valence-corrected chi connectivity index (χ4v) is 2.02. The largest absolute Gasteiger partial charge is 0.320 e. The SMILES string of the molecule is CCN(Cc1ccc(C#CCN)cc1)C1CC1. The molecule has 1 fully saturated rings. The highest BCUT2D eigenvalue weighted by molar-refractivity contribution is 5.36. The second-order valence-electron chi connectivity index (χ2n) is 4.50. The summed E-state index contributed by atoms with van der Waals surface area (Å²) in [6.45, 7) is 4.86. The van der Waals surface area contributed by atoms with Crippen molar-refractivity contribution < 1.29 is 0 Å². The van der Waals surface area contributed by atoms with Crippen LogP contribution in [0.15, 0.2) is 24.3 Å². The minimum absolute atomic E-state index is 0.424. The van der Waals surface area contributed by atoms with E-state index in [1.807, 2.05) is 0 Å². The molecule has 2 heteroatoms. The van der Waals surface area contributed by atoms with Gasteiger partial charge < -0.3 is 5.73 Å². The summed E-state index contributed by atoms with van der Waals surface area (Å²) in [6, 6.07) is 9.34. The maximum absolute atomic E-state index is 5.35. The number of nitrogens with zero attached hydrogens (tertiary/aromatic N) is 1. The van der Waals surface area contributed by atoms with E-state index in [0.717, 1.165) is 24.7 Å². The van der Waals surface area contributed by atoms with Crippen LogP contribution in [0.2, 0.25) is 0 Å². The molecule has 90 valence electrons. The fourth-order valence-electron chi connectivity index (χ4n) is 2.02. The normalized spacial score (nSPS) is 14.5. The van der Waals surface area contributed by atoms with Crippen molar-refractivity contribution in [3.8, 4) is 11.8 Å². The summed E-state index contributed by atoms with van der Waals surface area (Å²) >= 11 is 0. The quantitative estimate of drug-likeness (QED) is 0.798. The van der Waals surface area contributed by atoms with Crippen LogP contribution in [0.25, 0.3) is 0 Å². The van der Waals surface area contributed by atoms with Crippen molar-refractivity contribution in [2.75, 3.05) is 13.1 Å². The lowest BCUT2D eigenvalue weighted by atomic mass is 10.1. The summed E-state index contributed by atoms with van der Waals surface area (Å²) in [5.41, 5.74) is 7.77. The second kappa shape index (κ2) is 5.86. The summed E-state index contributed by atoms with van der Waals surface area (Å²) in [7, 11) is 0. The Morgan fingerprint density at radius 2 is 2.00 bits per heavy atom. The van der Waals surface area contributed by atoms with Crippen LogP contribution >= 0.6 is 0 Å². The van der Waals surface area contributed by atoms with Crippen molar-refractivity contribution in [3.63, 3.8) is 0 Å². The van der Waals surface area contributed by atoms with Crippen LogP contribution in [-0.4, -0.2) is 24.0 Å². The molecule has 0 atom stereocenters. The maximum Gasteiger partial charge on any atom is 0.0555 e. The van der Waals surface area contributed by atoms with Crippen LogP contribution in [0.5, 0.6) is 0 Å². The molecular weight excluding hydrogens is 208 g/mol. The van der Waals surface area contributed by atoms with Crippen molar-refractivity contribution in [2.24, 2.45) is 5.73 Å². The number of hydrogen-bond acceptors (Lipinski definition) is 2. The van der Waals surface area contributed by atoms with E-state index in [1.54, 1.807) is 0 Å². The zero-order valence-corrected chi connectivity index (χ0v) is 10.4. The van der Waals surface area contributed by atoms with E-state index >= 15 is 0 Å². The molecule has 1 aliphatic carbocycles. The van der Waals surface area contributed by atoms with E-state index in [9.17, 15) is 0 Å². The number of hydrogen-bond donors (Lipinski definition) is 1. The topological polar surface area (TPSA) is 29.3 Å². The van der Waals surface area contributed by atoms with E-state index in [0.29, 0.717) is 6.54 Å². The lowest BCUT2D eigenvalue weighted by Gasteiger charge is -2.19. The Hall–Kier alpha value is -1.30. The second-order valence-corrected chi connectivity index (χ2v) is 4.50. The van der Waals surface area contributed by atoms with Crippen molar-refractivity contribution >= 4 is 0 Å². The summed E-state index contributed by atoms with van der Waals surface area (Å²) in [4.78, 5) is 2.54. The third-order valence-electron chi connectivity index (χ3n) is 3.14. The van der Waals surface area contributed by atoms with Gasteiger partial charge in [-0.3, -0.25) is 4.90 Å². The molecule has 0 spiro atoms. The number of nitrogens with two attached hydrogens (primary N) is 1. The van der Waals surface area contributed by atoms with Gasteiger partial charge in [0.15, 0.2) is 0 Å². The number of rotatable bonds is 4. The predicted octanol–water partition coefficient (Wildman–Crippen LogP) is 1.98. The van der Waals surface area contributed by atoms with E-state index < -0.39 is 0 Å². The minimum Gasteiger partial charge on any atom is -0.320 e. The highest BCUT2D eigenvalue weighted by atomic mass is 15.2. The average molecular weight is 228 g/mol. The third kappa shape index (κ3) is 3.59. The first kappa shape index (κ1) is 12.2. The molecule has 0 saturated heterocycles. The Morgan fingerprint density at radius 3 is 2.53 bits per heavy atom. The van der Waals surface area contributed by atoms with Crippen molar-refractivity contribution in [3.05, 3.63) is 35.4 Å². The van der Waals surface area contributed by atoms with Gasteiger partial charge in [0.25, 0.3) is 0 Å². The van der Waals surface area contributed by atoms with Gasteiger partial charge in [-0.1, -0.05) is 30.9 Å². The lowest BCUT2D eigenvalue weighted by molar-refractivity contribution is 0.269. The van der Waals surface area contributed by atoms with Crippen LogP contribution in [0.4, 0.5) is 0 Å². The first-order chi connectivity index (χ1) is 8.33. The van der Waals surface area contributed by atoms with Gasteiger partial charge in [-0.2, -0.15) is 0 Å². The van der Waals surface area contributed by atoms with Crippen molar-refractivity contribution in [1.29, 1.82) is 0 Å². The molecule has 17 heavy (non-hydrogen) atoms. The Morgan fingerprint density at radius 1 is 1.29 bits per heavy atom. The van der Waals surface area contributed by atoms with E-state index in [-0.39, 0.29) is 0 Å². The van der Waals surface area contributed by atoms with E-state index in [4.69, 9.17) is 5.73 Å². The first-order valence-electron chi connectivity index (χ1n) is 6.35. The van der Waals surface area contributed by atoms with Crippen molar-refractivity contribution in [2.45, 2.75) is 32.4 Å². The summed E-state index contributed by atoms with van der Waals surface area (Å²) in [6.07, 6.45) is 2.74. The molecule has 0 aromatic heterocycles. The molecule has 0 bridgehead atoms. The van der Waals surface area contributed by atoms with E-state index in [1.165, 1.54) is 18.4 Å². The van der Waals surface area contributed by atoms with Gasteiger partial charge in [0.05, 0.1) is 6.54 Å². The predicted molar refractivity (Wildman–Crippen MR) is 71.5 cm³/mol. The van der Waals surface area contributed by atoms with Crippen molar-refractivity contribution in [1.82, 2.24) is 4.90 Å². The van der Waals surface area contributed by atoms with Crippen LogP contribution in [0.3, 0.4) is 0 Å². The molecular formula is C15H20N2. The molecule has 0 radical (unpaired) electrons. The van der Waals surface area contributed by atoms with Crippen LogP contribution in [0, 0.1) is 11.8 Å². The molecule has 2 N–H and O–H groups in total. The highest BCUT2D eigenvalue weighted by Crippen LogP contribution is 2.27. The zero-order chi connectivity index (χ0) is 12.1. The summed E-state index contributed by atoms with van der Waals surface area (Å²) in [5, 5.41) is 0. The Balaban J connectivity index is 1.97. The van der Waals surface area contributed by atoms with Gasteiger partial charge >= 0.3 is 0 Å². The van der Waals surface area contributed by atoms with Gasteiger partial charge in [0, 0.05) is 18.2 Å². The Labute approximate surface area is 104 Å². The summed E-state index contributed by atoms with van der Waals surface area (Å²) in [5.74, 6) is 5.92. The smallest absolute Gasteiger partial charge is 0.0555 e. The van der Waals surface area contributed by atoms with Gasteiger partial charge in [-0.05, 0) is 37.1 Å². The van der Waals surface area contributed by atoms with E-state index in [2.05, 4.69) is 47.9 Å². The minimum atomic E-state index is 0.424. The van der Waals surface area contributed by atoms with Gasteiger partial charge in [0.2, 0.25) is 0 Å². The number of benzene rings is 1. The molecule has 0 unspecified atom stereocenters. The third-order valence-corrected chi connectivity index (χ3v) is 3.14. The van der Waals surface area contributed by atoms with Crippen LogP contribution < -0.4 is 5.73 Å². The zero-order valence-electron chi connectivity index (χ0n) is 10.4. The van der Waals surface area contributed by atoms with Crippen LogP contribution in [0.1, 0.15) is 30.9 Å². The molecule has 1 aliphatic rings. The molecule has 0 heterocycles. The molecule has 1 aromatic rings. The van der Waals surface area contributed by atoms with Crippen LogP contribution in [-0.2, 0) is 6.54 Å². The Kier molecular flexibility index (Phi) is 4.19. The summed E-state index contributed by atoms with van der Waals surface area (Å²) < 4.78 is 0. The molecule has 2 nitrogen and oxygen atoms in total. The standard InChI is InChI=1S/C15H20N2/c1-2-17(15-9-10-15)12-14-7-5-13(6-8-14)4-3-11-16/h5-8,15H,2,9-12,16H2,1H3. The molecule has 0 aliphatic heterocycles. The fraction of sp³-hybridized carbons (Fsp3) is 0.467. The van der Waals surface area contributed by atoms with Gasteiger partial charge in [-0.25, -0.2) is 0 Å². The highest BCUT2D eigenvalue weighted by Gasteiger charge is 2.27. The molecule has 2 rings (SSSR count). The van der Waals surface area contributed by atoms with Gasteiger partial charge in [-0.15, -0.1) is 0 Å². The lowest BCUT2D eigenvalue weighted by Crippen LogP contribution is -2.24. The maximum atomic E-state index is 5.35. The van der Waals surface area contributed by atoms with Gasteiger partial charge in [0.1, 0.15) is 0 Å². The average Bonchev–Trinajstić information content (AvgIpc) is 3.19.